The first-order valence-corrected chi connectivity index (χ1v) is 5.12. The predicted octanol–water partition coefficient (Wildman–Crippen LogP) is 2.91. The highest BCUT2D eigenvalue weighted by Gasteiger charge is 2.08. The summed E-state index contributed by atoms with van der Waals surface area (Å²) in [6.07, 6.45) is 0. The largest absolute Gasteiger partial charge is 0.493 e. The molecule has 0 spiro atoms. The van der Waals surface area contributed by atoms with Crippen LogP contribution in [-0.4, -0.2) is 10.1 Å². The molecule has 0 aliphatic carbocycles. The molecule has 0 saturated carbocycles. The fraction of sp³-hybridized carbons (Fsp3) is 0. The highest BCUT2D eigenvalue weighted by atomic mass is 35.5. The third kappa shape index (κ3) is 2.39. The van der Waals surface area contributed by atoms with Gasteiger partial charge in [0.2, 0.25) is 5.88 Å². The van der Waals surface area contributed by atoms with Crippen LogP contribution in [0, 0.1) is 5.82 Å². The maximum atomic E-state index is 13.2. The van der Waals surface area contributed by atoms with Gasteiger partial charge in [0.05, 0.1) is 16.4 Å². The van der Waals surface area contributed by atoms with Gasteiger partial charge in [-0.2, -0.15) is 4.98 Å². The predicted molar refractivity (Wildman–Crippen MR) is 65.0 cm³/mol. The molecule has 0 aliphatic rings. The lowest BCUT2D eigenvalue weighted by atomic mass is 10.3. The molecule has 0 saturated heterocycles. The van der Waals surface area contributed by atoms with Gasteiger partial charge in [0.1, 0.15) is 5.82 Å². The number of anilines is 3. The van der Waals surface area contributed by atoms with Crippen molar-refractivity contribution in [2.75, 3.05) is 11.1 Å². The van der Waals surface area contributed by atoms with Gasteiger partial charge < -0.3 is 16.2 Å². The van der Waals surface area contributed by atoms with E-state index in [1.54, 1.807) is 6.07 Å². The normalized spacial score (nSPS) is 10.2. The Balaban J connectivity index is 2.38. The number of aromatic nitrogens is 1. The molecule has 0 amide bonds. The minimum absolute atomic E-state index is 0.0583. The first-order chi connectivity index (χ1) is 8.08. The Labute approximate surface area is 102 Å². The van der Waals surface area contributed by atoms with E-state index in [4.69, 9.17) is 17.3 Å². The van der Waals surface area contributed by atoms with Gasteiger partial charge in [0, 0.05) is 6.07 Å². The van der Waals surface area contributed by atoms with Crippen molar-refractivity contribution in [3.05, 3.63) is 41.2 Å². The fourth-order valence-electron chi connectivity index (χ4n) is 1.29. The van der Waals surface area contributed by atoms with E-state index in [-0.39, 0.29) is 16.7 Å². The fourth-order valence-corrected chi connectivity index (χ4v) is 1.46. The van der Waals surface area contributed by atoms with E-state index in [0.29, 0.717) is 11.4 Å². The highest BCUT2D eigenvalue weighted by Crippen LogP contribution is 2.29. The van der Waals surface area contributed by atoms with Crippen molar-refractivity contribution in [1.29, 1.82) is 0 Å². The molecule has 0 atom stereocenters. The SMILES string of the molecule is Nc1ccc(O)nc1Nc1cccc(F)c1Cl. The molecule has 0 bridgehead atoms. The number of benzene rings is 1. The topological polar surface area (TPSA) is 71.2 Å². The van der Waals surface area contributed by atoms with Gasteiger partial charge in [-0.25, -0.2) is 4.39 Å². The number of nitrogen functional groups attached to an aromatic ring is 1. The Morgan fingerprint density at radius 2 is 2.06 bits per heavy atom. The Morgan fingerprint density at radius 1 is 1.29 bits per heavy atom. The Hall–Kier alpha value is -2.01. The lowest BCUT2D eigenvalue weighted by Gasteiger charge is -2.10. The van der Waals surface area contributed by atoms with Crippen LogP contribution in [0.1, 0.15) is 0 Å². The van der Waals surface area contributed by atoms with Crippen LogP contribution >= 0.6 is 11.6 Å². The number of hydrogen-bond donors (Lipinski definition) is 3. The second-order valence-corrected chi connectivity index (χ2v) is 3.71. The van der Waals surface area contributed by atoms with Crippen molar-refractivity contribution in [2.24, 2.45) is 0 Å². The van der Waals surface area contributed by atoms with E-state index >= 15 is 0 Å². The molecule has 2 rings (SSSR count). The number of aromatic hydroxyl groups is 1. The van der Waals surface area contributed by atoms with Crippen molar-refractivity contribution in [3.63, 3.8) is 0 Å². The number of halogens is 2. The molecule has 88 valence electrons. The monoisotopic (exact) mass is 253 g/mol. The number of pyridine rings is 1. The lowest BCUT2D eigenvalue weighted by molar-refractivity contribution is 0.454. The van der Waals surface area contributed by atoms with Crippen LogP contribution in [0.25, 0.3) is 0 Å². The lowest BCUT2D eigenvalue weighted by Crippen LogP contribution is -2.00. The molecular formula is C11H9ClFN3O. The van der Waals surface area contributed by atoms with E-state index in [1.165, 1.54) is 24.3 Å². The molecule has 4 N–H and O–H groups in total. The third-order valence-corrected chi connectivity index (χ3v) is 2.50. The van der Waals surface area contributed by atoms with Crippen LogP contribution in [0.3, 0.4) is 0 Å². The van der Waals surface area contributed by atoms with Crippen molar-refractivity contribution >= 4 is 28.8 Å². The molecule has 17 heavy (non-hydrogen) atoms. The van der Waals surface area contributed by atoms with Gasteiger partial charge in [-0.1, -0.05) is 17.7 Å². The van der Waals surface area contributed by atoms with Crippen molar-refractivity contribution in [3.8, 4) is 5.88 Å². The second kappa shape index (κ2) is 4.47. The van der Waals surface area contributed by atoms with Gasteiger partial charge >= 0.3 is 0 Å². The zero-order valence-corrected chi connectivity index (χ0v) is 9.37. The van der Waals surface area contributed by atoms with Crippen molar-refractivity contribution < 1.29 is 9.50 Å². The number of nitrogens with zero attached hydrogens (tertiary/aromatic N) is 1. The first-order valence-electron chi connectivity index (χ1n) is 4.74. The average molecular weight is 254 g/mol. The van der Waals surface area contributed by atoms with E-state index < -0.39 is 5.82 Å². The zero-order valence-electron chi connectivity index (χ0n) is 8.61. The third-order valence-electron chi connectivity index (χ3n) is 2.12. The van der Waals surface area contributed by atoms with E-state index in [0.717, 1.165) is 0 Å². The molecular weight excluding hydrogens is 245 g/mol. The number of hydrogen-bond acceptors (Lipinski definition) is 4. The summed E-state index contributed by atoms with van der Waals surface area (Å²) in [6.45, 7) is 0. The smallest absolute Gasteiger partial charge is 0.212 e. The van der Waals surface area contributed by atoms with Gasteiger partial charge in [-0.05, 0) is 18.2 Å². The van der Waals surface area contributed by atoms with E-state index in [1.807, 2.05) is 0 Å². The van der Waals surface area contributed by atoms with Crippen molar-refractivity contribution in [1.82, 2.24) is 4.98 Å². The van der Waals surface area contributed by atoms with Crippen LogP contribution in [0.2, 0.25) is 5.02 Å². The number of nitrogens with two attached hydrogens (primary N) is 1. The summed E-state index contributed by atoms with van der Waals surface area (Å²) in [5.41, 5.74) is 6.30. The molecule has 6 heteroatoms. The zero-order chi connectivity index (χ0) is 12.4. The molecule has 0 fully saturated rings. The number of nitrogens with one attached hydrogen (secondary N) is 1. The Kier molecular flexibility index (Phi) is 3.01. The van der Waals surface area contributed by atoms with Crippen molar-refractivity contribution in [2.45, 2.75) is 0 Å². The maximum Gasteiger partial charge on any atom is 0.212 e. The highest BCUT2D eigenvalue weighted by molar-refractivity contribution is 6.33. The Bertz CT molecular complexity index is 562. The van der Waals surface area contributed by atoms with Gasteiger partial charge in [-0.3, -0.25) is 0 Å². The Morgan fingerprint density at radius 3 is 2.82 bits per heavy atom. The van der Waals surface area contributed by atoms with Gasteiger partial charge in [0.25, 0.3) is 0 Å². The quantitative estimate of drug-likeness (QED) is 0.770. The van der Waals surface area contributed by atoms with Gasteiger partial charge in [-0.15, -0.1) is 0 Å². The molecule has 0 radical (unpaired) electrons. The van der Waals surface area contributed by atoms with Gasteiger partial charge in [0.15, 0.2) is 5.82 Å². The molecule has 0 unspecified atom stereocenters. The summed E-state index contributed by atoms with van der Waals surface area (Å²) in [7, 11) is 0. The average Bonchev–Trinajstić information content (AvgIpc) is 2.30. The summed E-state index contributed by atoms with van der Waals surface area (Å²) >= 11 is 5.77. The second-order valence-electron chi connectivity index (χ2n) is 3.33. The minimum atomic E-state index is -0.546. The van der Waals surface area contributed by atoms with E-state index in [2.05, 4.69) is 10.3 Å². The van der Waals surface area contributed by atoms with Crippen LogP contribution in [0.15, 0.2) is 30.3 Å². The van der Waals surface area contributed by atoms with Crippen LogP contribution < -0.4 is 11.1 Å². The molecule has 1 aromatic heterocycles. The summed E-state index contributed by atoms with van der Waals surface area (Å²) in [6, 6.07) is 7.16. The summed E-state index contributed by atoms with van der Waals surface area (Å²) in [5.74, 6) is -0.512. The molecule has 1 heterocycles. The standard InChI is InChI=1S/C11H9ClFN3O/c12-10-6(13)2-1-3-8(10)15-11-7(14)4-5-9(17)16-11/h1-5H,14H2,(H2,15,16,17). The minimum Gasteiger partial charge on any atom is -0.493 e. The van der Waals surface area contributed by atoms with Crippen LogP contribution in [0.4, 0.5) is 21.6 Å². The summed E-state index contributed by atoms with van der Waals surface area (Å²) < 4.78 is 13.2. The molecule has 2 aromatic rings. The maximum absolute atomic E-state index is 13.2. The number of rotatable bonds is 2. The van der Waals surface area contributed by atoms with Crippen LogP contribution in [-0.2, 0) is 0 Å². The van der Waals surface area contributed by atoms with E-state index in [9.17, 15) is 9.50 Å². The molecule has 0 aliphatic heterocycles. The summed E-state index contributed by atoms with van der Waals surface area (Å²) in [5, 5.41) is 11.9. The molecule has 1 aromatic carbocycles. The van der Waals surface area contributed by atoms with Crippen LogP contribution in [0.5, 0.6) is 5.88 Å². The summed E-state index contributed by atoms with van der Waals surface area (Å²) in [4.78, 5) is 3.78. The first kappa shape index (κ1) is 11.5. The molecule has 4 nitrogen and oxygen atoms in total.